The van der Waals surface area contributed by atoms with Crippen LogP contribution in [0.25, 0.3) is 10.9 Å². The summed E-state index contributed by atoms with van der Waals surface area (Å²) in [4.78, 5) is 20.6. The van der Waals surface area contributed by atoms with Gasteiger partial charge in [-0.05, 0) is 41.0 Å². The number of amides is 1. The number of carbonyl (C=O) groups is 1. The minimum Gasteiger partial charge on any atom is -0.350 e. The van der Waals surface area contributed by atoms with Gasteiger partial charge in [0, 0.05) is 43.2 Å². The first-order valence-corrected chi connectivity index (χ1v) is 8.54. The molecule has 1 atom stereocenters. The number of pyridine rings is 2. The van der Waals surface area contributed by atoms with Gasteiger partial charge in [0.25, 0.3) is 11.8 Å². The lowest BCUT2D eigenvalue weighted by atomic mass is 9.96. The Morgan fingerprint density at radius 1 is 1.38 bits per heavy atom. The number of aromatic nitrogens is 2. The number of nitrogens with zero attached hydrogens (tertiary/aromatic N) is 2. The molecule has 0 radical (unpaired) electrons. The summed E-state index contributed by atoms with van der Waals surface area (Å²) in [5.41, 5.74) is 0.811. The van der Waals surface area contributed by atoms with Gasteiger partial charge in [0.2, 0.25) is 0 Å². The Bertz CT molecular complexity index is 756. The number of nitrogens with one attached hydrogen (secondary N) is 2. The van der Waals surface area contributed by atoms with Gasteiger partial charge in [-0.3, -0.25) is 9.78 Å². The van der Waals surface area contributed by atoms with Crippen LogP contribution in [0.2, 0.25) is 0 Å². The second-order valence-electron chi connectivity index (χ2n) is 5.85. The molecule has 0 saturated carbocycles. The van der Waals surface area contributed by atoms with Gasteiger partial charge < -0.3 is 10.6 Å². The van der Waals surface area contributed by atoms with E-state index < -0.39 is 17.7 Å². The second kappa shape index (κ2) is 7.06. The predicted octanol–water partition coefficient (Wildman–Crippen LogP) is 2.76. The molecule has 2 N–H and O–H groups in total. The van der Waals surface area contributed by atoms with Crippen LogP contribution in [-0.4, -0.2) is 41.4 Å². The molecule has 0 aliphatic carbocycles. The summed E-state index contributed by atoms with van der Waals surface area (Å²) in [7, 11) is 0. The zero-order valence-corrected chi connectivity index (χ0v) is 14.4. The molecule has 1 aliphatic heterocycles. The van der Waals surface area contributed by atoms with Crippen molar-refractivity contribution in [3.05, 3.63) is 34.7 Å². The average molecular weight is 399 g/mol. The molecule has 2 aromatic rings. The molecule has 0 bridgehead atoms. The standard InChI is InChI=1S/C16H17BrF2N4O/c17-12-9-21-7-10-1-2-13(23-14(10)12)15(24)22-8-11-3-5-20-6-4-16(11,18)19/h1-2,7,9,11,20H,3-6,8H2,(H,22,24). The molecule has 0 spiro atoms. The molecule has 24 heavy (non-hydrogen) atoms. The molecular formula is C16H17BrF2N4O. The van der Waals surface area contributed by atoms with Crippen molar-refractivity contribution in [2.45, 2.75) is 18.8 Å². The van der Waals surface area contributed by atoms with Gasteiger partial charge in [0.1, 0.15) is 5.69 Å². The number of rotatable bonds is 3. The molecule has 1 unspecified atom stereocenters. The van der Waals surface area contributed by atoms with E-state index in [4.69, 9.17) is 0 Å². The normalized spacial score (nSPS) is 20.5. The van der Waals surface area contributed by atoms with Crippen LogP contribution in [0.3, 0.4) is 0 Å². The Morgan fingerprint density at radius 2 is 2.21 bits per heavy atom. The number of halogens is 3. The third-order valence-electron chi connectivity index (χ3n) is 4.20. The lowest BCUT2D eigenvalue weighted by Crippen LogP contribution is -2.39. The third kappa shape index (κ3) is 3.70. The van der Waals surface area contributed by atoms with Crippen LogP contribution in [0.4, 0.5) is 8.78 Å². The molecule has 0 aromatic carbocycles. The first-order chi connectivity index (χ1) is 11.5. The Morgan fingerprint density at radius 3 is 3.04 bits per heavy atom. The number of alkyl halides is 2. The fourth-order valence-corrected chi connectivity index (χ4v) is 3.20. The van der Waals surface area contributed by atoms with Crippen molar-refractivity contribution in [2.24, 2.45) is 5.92 Å². The van der Waals surface area contributed by atoms with Crippen molar-refractivity contribution in [3.8, 4) is 0 Å². The zero-order valence-electron chi connectivity index (χ0n) is 12.9. The Balaban J connectivity index is 1.72. The van der Waals surface area contributed by atoms with Crippen LogP contribution in [0, 0.1) is 5.92 Å². The molecule has 128 valence electrons. The van der Waals surface area contributed by atoms with Crippen molar-refractivity contribution in [1.82, 2.24) is 20.6 Å². The molecule has 8 heteroatoms. The number of fused-ring (bicyclic) bond motifs is 1. The predicted molar refractivity (Wildman–Crippen MR) is 90.1 cm³/mol. The van der Waals surface area contributed by atoms with Crippen LogP contribution in [0.1, 0.15) is 23.3 Å². The van der Waals surface area contributed by atoms with Gasteiger partial charge in [-0.1, -0.05) is 0 Å². The molecule has 1 amide bonds. The van der Waals surface area contributed by atoms with Crippen LogP contribution >= 0.6 is 15.9 Å². The van der Waals surface area contributed by atoms with E-state index in [1.54, 1.807) is 24.5 Å². The fraction of sp³-hybridized carbons (Fsp3) is 0.438. The third-order valence-corrected chi connectivity index (χ3v) is 4.78. The first kappa shape index (κ1) is 17.2. The smallest absolute Gasteiger partial charge is 0.269 e. The van der Waals surface area contributed by atoms with E-state index in [-0.39, 0.29) is 18.7 Å². The maximum absolute atomic E-state index is 14.0. The number of hydrogen-bond acceptors (Lipinski definition) is 4. The maximum atomic E-state index is 14.0. The minimum atomic E-state index is -2.78. The zero-order chi connectivity index (χ0) is 17.2. The van der Waals surface area contributed by atoms with Crippen molar-refractivity contribution in [2.75, 3.05) is 19.6 Å². The lowest BCUT2D eigenvalue weighted by Gasteiger charge is -2.24. The monoisotopic (exact) mass is 398 g/mol. The van der Waals surface area contributed by atoms with Crippen molar-refractivity contribution < 1.29 is 13.6 Å². The SMILES string of the molecule is O=C(NCC1CCNCCC1(F)F)c1ccc2cncc(Br)c2n1. The van der Waals surface area contributed by atoms with Gasteiger partial charge in [0.05, 0.1) is 9.99 Å². The van der Waals surface area contributed by atoms with Gasteiger partial charge in [-0.15, -0.1) is 0 Å². The van der Waals surface area contributed by atoms with E-state index in [1.165, 1.54) is 0 Å². The largest absolute Gasteiger partial charge is 0.350 e. The summed E-state index contributed by atoms with van der Waals surface area (Å²) in [6, 6.07) is 3.30. The van der Waals surface area contributed by atoms with Crippen LogP contribution in [-0.2, 0) is 0 Å². The molecule has 1 saturated heterocycles. The van der Waals surface area contributed by atoms with Crippen molar-refractivity contribution >= 4 is 32.7 Å². The summed E-state index contributed by atoms with van der Waals surface area (Å²) in [6.45, 7) is 0.765. The maximum Gasteiger partial charge on any atom is 0.269 e. The highest BCUT2D eigenvalue weighted by molar-refractivity contribution is 9.10. The summed E-state index contributed by atoms with van der Waals surface area (Å²) in [5.74, 6) is -4.09. The van der Waals surface area contributed by atoms with E-state index in [1.807, 2.05) is 0 Å². The lowest BCUT2D eigenvalue weighted by molar-refractivity contribution is -0.0587. The van der Waals surface area contributed by atoms with E-state index in [9.17, 15) is 13.6 Å². The van der Waals surface area contributed by atoms with E-state index in [0.717, 1.165) is 5.39 Å². The molecular weight excluding hydrogens is 382 g/mol. The van der Waals surface area contributed by atoms with Gasteiger partial charge >= 0.3 is 0 Å². The minimum absolute atomic E-state index is 0.0647. The highest BCUT2D eigenvalue weighted by Crippen LogP contribution is 2.31. The van der Waals surface area contributed by atoms with Gasteiger partial charge in [0.15, 0.2) is 0 Å². The quantitative estimate of drug-likeness (QED) is 0.833. The molecule has 2 aromatic heterocycles. The average Bonchev–Trinajstić information content (AvgIpc) is 2.73. The van der Waals surface area contributed by atoms with Gasteiger partial charge in [-0.2, -0.15) is 0 Å². The van der Waals surface area contributed by atoms with E-state index in [2.05, 4.69) is 36.5 Å². The van der Waals surface area contributed by atoms with Crippen LogP contribution in [0.5, 0.6) is 0 Å². The van der Waals surface area contributed by atoms with Crippen molar-refractivity contribution in [1.29, 1.82) is 0 Å². The first-order valence-electron chi connectivity index (χ1n) is 7.74. The summed E-state index contributed by atoms with van der Waals surface area (Å²) in [5, 5.41) is 6.35. The summed E-state index contributed by atoms with van der Waals surface area (Å²) >= 11 is 3.34. The summed E-state index contributed by atoms with van der Waals surface area (Å²) in [6.07, 6.45) is 3.36. The molecule has 3 rings (SSSR count). The summed E-state index contributed by atoms with van der Waals surface area (Å²) < 4.78 is 28.7. The highest BCUT2D eigenvalue weighted by Gasteiger charge is 2.40. The number of carbonyl (C=O) groups excluding carboxylic acids is 1. The second-order valence-corrected chi connectivity index (χ2v) is 6.70. The van der Waals surface area contributed by atoms with Crippen LogP contribution < -0.4 is 10.6 Å². The van der Waals surface area contributed by atoms with Crippen molar-refractivity contribution in [3.63, 3.8) is 0 Å². The van der Waals surface area contributed by atoms with E-state index in [0.29, 0.717) is 29.5 Å². The molecule has 5 nitrogen and oxygen atoms in total. The van der Waals surface area contributed by atoms with E-state index >= 15 is 0 Å². The highest BCUT2D eigenvalue weighted by atomic mass is 79.9. The Hall–Kier alpha value is -1.67. The molecule has 3 heterocycles. The van der Waals surface area contributed by atoms with Gasteiger partial charge in [-0.25, -0.2) is 13.8 Å². The molecule has 1 aliphatic rings. The fourth-order valence-electron chi connectivity index (χ4n) is 2.77. The number of hydrogen-bond donors (Lipinski definition) is 2. The Kier molecular flexibility index (Phi) is 5.05. The Labute approximate surface area is 146 Å². The molecule has 1 fully saturated rings. The van der Waals surface area contributed by atoms with Crippen LogP contribution in [0.15, 0.2) is 29.0 Å². The topological polar surface area (TPSA) is 66.9 Å².